The van der Waals surface area contributed by atoms with Gasteiger partial charge in [-0.15, -0.1) is 0 Å². The first-order valence-electron chi connectivity index (χ1n) is 8.00. The van der Waals surface area contributed by atoms with Gasteiger partial charge in [-0.05, 0) is 18.2 Å². The fraction of sp³-hybridized carbons (Fsp3) is 0.529. The number of ether oxygens (including phenoxy) is 2. The van der Waals surface area contributed by atoms with Gasteiger partial charge in [0.15, 0.2) is 0 Å². The van der Waals surface area contributed by atoms with Gasteiger partial charge < -0.3 is 24.3 Å². The Balaban J connectivity index is 1.45. The minimum Gasteiger partial charge on any atom is -0.398 e. The molecule has 1 aromatic carbocycles. The van der Waals surface area contributed by atoms with Gasteiger partial charge in [-0.3, -0.25) is 0 Å². The van der Waals surface area contributed by atoms with Crippen LogP contribution in [0.3, 0.4) is 0 Å². The van der Waals surface area contributed by atoms with Crippen LogP contribution in [-0.2, 0) is 16.0 Å². The summed E-state index contributed by atoms with van der Waals surface area (Å²) in [4.78, 5) is 0. The summed E-state index contributed by atoms with van der Waals surface area (Å²) in [5, 5.41) is 1.12. The SMILES string of the molecule is C[N+]1(CCOCCn2ccc3c(N)cccc32)CCOCC1. The molecule has 0 radical (unpaired) electrons. The number of morpholine rings is 1. The predicted molar refractivity (Wildman–Crippen MR) is 88.8 cm³/mol. The summed E-state index contributed by atoms with van der Waals surface area (Å²) in [5.74, 6) is 0. The molecule has 1 saturated heterocycles. The highest BCUT2D eigenvalue weighted by molar-refractivity contribution is 5.91. The zero-order chi connectivity index (χ0) is 15.4. The normalized spacial score (nSPS) is 17.9. The molecule has 0 amide bonds. The number of nitrogen functional groups attached to an aromatic ring is 1. The smallest absolute Gasteiger partial charge is 0.102 e. The minimum absolute atomic E-state index is 0.731. The molecule has 0 saturated carbocycles. The van der Waals surface area contributed by atoms with Crippen LogP contribution in [0.25, 0.3) is 10.9 Å². The fourth-order valence-electron chi connectivity index (χ4n) is 3.00. The summed E-state index contributed by atoms with van der Waals surface area (Å²) in [6.07, 6.45) is 2.08. The molecule has 0 unspecified atom stereocenters. The van der Waals surface area contributed by atoms with Gasteiger partial charge in [0.1, 0.15) is 19.6 Å². The molecule has 5 heteroatoms. The quantitative estimate of drug-likeness (QED) is 0.502. The lowest BCUT2D eigenvalue weighted by atomic mass is 10.2. The van der Waals surface area contributed by atoms with E-state index in [1.165, 1.54) is 5.52 Å². The summed E-state index contributed by atoms with van der Waals surface area (Å²) < 4.78 is 14.5. The Morgan fingerprint density at radius 3 is 2.86 bits per heavy atom. The summed E-state index contributed by atoms with van der Waals surface area (Å²) in [7, 11) is 2.29. The Labute approximate surface area is 131 Å². The van der Waals surface area contributed by atoms with E-state index in [2.05, 4.69) is 29.9 Å². The van der Waals surface area contributed by atoms with Crippen LogP contribution in [0.2, 0.25) is 0 Å². The van der Waals surface area contributed by atoms with Gasteiger partial charge in [-0.1, -0.05) is 6.07 Å². The van der Waals surface area contributed by atoms with Gasteiger partial charge in [0.05, 0.1) is 39.0 Å². The number of hydrogen-bond donors (Lipinski definition) is 1. The average molecular weight is 304 g/mol. The van der Waals surface area contributed by atoms with Crippen molar-refractivity contribution in [2.45, 2.75) is 6.54 Å². The van der Waals surface area contributed by atoms with Crippen molar-refractivity contribution < 1.29 is 14.0 Å². The maximum atomic E-state index is 5.99. The van der Waals surface area contributed by atoms with E-state index in [4.69, 9.17) is 15.2 Å². The summed E-state index contributed by atoms with van der Waals surface area (Å²) >= 11 is 0. The first-order valence-corrected chi connectivity index (χ1v) is 8.00. The van der Waals surface area contributed by atoms with Crippen LogP contribution in [-0.4, -0.2) is 62.2 Å². The molecule has 2 aromatic rings. The fourth-order valence-corrected chi connectivity index (χ4v) is 3.00. The average Bonchev–Trinajstić information content (AvgIpc) is 2.92. The van der Waals surface area contributed by atoms with Crippen molar-refractivity contribution in [2.75, 3.05) is 58.8 Å². The van der Waals surface area contributed by atoms with E-state index < -0.39 is 0 Å². The van der Waals surface area contributed by atoms with Gasteiger partial charge in [-0.2, -0.15) is 0 Å². The molecule has 0 spiro atoms. The second kappa shape index (κ2) is 6.69. The van der Waals surface area contributed by atoms with Crippen molar-refractivity contribution >= 4 is 16.6 Å². The number of aromatic nitrogens is 1. The highest BCUT2D eigenvalue weighted by atomic mass is 16.5. The van der Waals surface area contributed by atoms with Crippen molar-refractivity contribution in [3.8, 4) is 0 Å². The van der Waals surface area contributed by atoms with Crippen molar-refractivity contribution in [3.05, 3.63) is 30.5 Å². The largest absolute Gasteiger partial charge is 0.398 e. The Morgan fingerprint density at radius 1 is 1.23 bits per heavy atom. The third-order valence-corrected chi connectivity index (χ3v) is 4.65. The standard InChI is InChI=1S/C17H26N3O2/c1-20(9-13-22-14-10-20)8-12-21-11-7-19-6-5-15-16(18)3-2-4-17(15)19/h2-6H,7-14,18H2,1H3/q+1. The summed E-state index contributed by atoms with van der Waals surface area (Å²) in [6.45, 7) is 7.37. The Hall–Kier alpha value is -1.56. The maximum Gasteiger partial charge on any atom is 0.102 e. The molecular weight excluding hydrogens is 278 g/mol. The Bertz CT molecular complexity index is 617. The molecule has 3 rings (SSSR count). The number of fused-ring (bicyclic) bond motifs is 1. The molecular formula is C17H26N3O2+. The van der Waals surface area contributed by atoms with Crippen LogP contribution >= 0.6 is 0 Å². The second-order valence-corrected chi connectivity index (χ2v) is 6.30. The van der Waals surface area contributed by atoms with Crippen molar-refractivity contribution in [1.29, 1.82) is 0 Å². The van der Waals surface area contributed by atoms with Crippen molar-refractivity contribution in [2.24, 2.45) is 0 Å². The molecule has 2 N–H and O–H groups in total. The van der Waals surface area contributed by atoms with Gasteiger partial charge in [-0.25, -0.2) is 0 Å². The molecule has 5 nitrogen and oxygen atoms in total. The lowest BCUT2D eigenvalue weighted by Crippen LogP contribution is -2.53. The predicted octanol–water partition coefficient (Wildman–Crippen LogP) is 1.72. The second-order valence-electron chi connectivity index (χ2n) is 6.30. The molecule has 1 aromatic heterocycles. The van der Waals surface area contributed by atoms with E-state index in [9.17, 15) is 0 Å². The zero-order valence-electron chi connectivity index (χ0n) is 13.3. The van der Waals surface area contributed by atoms with Crippen LogP contribution in [0.5, 0.6) is 0 Å². The molecule has 1 fully saturated rings. The molecule has 1 aliphatic heterocycles. The number of likely N-dealkylation sites (N-methyl/N-ethyl adjacent to an activating group) is 1. The number of rotatable bonds is 6. The van der Waals surface area contributed by atoms with E-state index in [0.29, 0.717) is 0 Å². The van der Waals surface area contributed by atoms with Gasteiger partial charge >= 0.3 is 0 Å². The highest BCUT2D eigenvalue weighted by Crippen LogP contribution is 2.21. The number of quaternary nitrogens is 1. The number of benzene rings is 1. The maximum absolute atomic E-state index is 5.99. The van der Waals surface area contributed by atoms with Crippen LogP contribution in [0.1, 0.15) is 0 Å². The zero-order valence-corrected chi connectivity index (χ0v) is 13.3. The van der Waals surface area contributed by atoms with Gasteiger partial charge in [0, 0.05) is 23.8 Å². The Morgan fingerprint density at radius 2 is 2.05 bits per heavy atom. The molecule has 0 bridgehead atoms. The first-order chi connectivity index (χ1) is 10.7. The number of nitrogens with two attached hydrogens (primary N) is 1. The third kappa shape index (κ3) is 3.43. The molecule has 1 aliphatic rings. The summed E-state index contributed by atoms with van der Waals surface area (Å²) in [6, 6.07) is 8.12. The number of hydrogen-bond acceptors (Lipinski definition) is 3. The Kier molecular flexibility index (Phi) is 4.66. The molecule has 0 aliphatic carbocycles. The van der Waals surface area contributed by atoms with E-state index in [0.717, 1.165) is 68.2 Å². The molecule has 2 heterocycles. The highest BCUT2D eigenvalue weighted by Gasteiger charge is 2.24. The van der Waals surface area contributed by atoms with E-state index in [1.54, 1.807) is 0 Å². The van der Waals surface area contributed by atoms with Crippen LogP contribution in [0.15, 0.2) is 30.5 Å². The monoisotopic (exact) mass is 304 g/mol. The minimum atomic E-state index is 0.731. The first kappa shape index (κ1) is 15.3. The van der Waals surface area contributed by atoms with Gasteiger partial charge in [0.25, 0.3) is 0 Å². The topological polar surface area (TPSA) is 49.4 Å². The summed E-state index contributed by atoms with van der Waals surface area (Å²) in [5.41, 5.74) is 8.00. The molecule has 22 heavy (non-hydrogen) atoms. The van der Waals surface area contributed by atoms with E-state index in [-0.39, 0.29) is 0 Å². The molecule has 0 atom stereocenters. The van der Waals surface area contributed by atoms with Crippen LogP contribution < -0.4 is 5.73 Å². The van der Waals surface area contributed by atoms with Crippen LogP contribution in [0.4, 0.5) is 5.69 Å². The van der Waals surface area contributed by atoms with Crippen molar-refractivity contribution in [1.82, 2.24) is 4.57 Å². The van der Waals surface area contributed by atoms with Crippen LogP contribution in [0, 0.1) is 0 Å². The molecule has 120 valence electrons. The van der Waals surface area contributed by atoms with Crippen molar-refractivity contribution in [3.63, 3.8) is 0 Å². The number of anilines is 1. The van der Waals surface area contributed by atoms with Gasteiger partial charge in [0.2, 0.25) is 0 Å². The lowest BCUT2D eigenvalue weighted by Gasteiger charge is -2.37. The third-order valence-electron chi connectivity index (χ3n) is 4.65. The van der Waals surface area contributed by atoms with E-state index in [1.807, 2.05) is 12.1 Å². The number of nitrogens with zero attached hydrogens (tertiary/aromatic N) is 2. The van der Waals surface area contributed by atoms with E-state index >= 15 is 0 Å². The lowest BCUT2D eigenvalue weighted by molar-refractivity contribution is -0.917.